The minimum absolute atomic E-state index is 0.0387. The molecule has 0 saturated carbocycles. The van der Waals surface area contributed by atoms with Crippen LogP contribution in [0, 0.1) is 5.82 Å². The summed E-state index contributed by atoms with van der Waals surface area (Å²) in [7, 11) is -2.30. The van der Waals surface area contributed by atoms with Crippen LogP contribution in [0.3, 0.4) is 0 Å². The molecule has 1 saturated heterocycles. The van der Waals surface area contributed by atoms with Crippen molar-refractivity contribution in [3.05, 3.63) is 52.8 Å². The number of benzene rings is 2. The summed E-state index contributed by atoms with van der Waals surface area (Å²) < 4.78 is 48.0. The molecule has 1 aromatic heterocycles. The van der Waals surface area contributed by atoms with Gasteiger partial charge in [-0.05, 0) is 69.3 Å². The first-order valence-corrected chi connectivity index (χ1v) is 15.3. The zero-order chi connectivity index (χ0) is 30.4. The Bertz CT molecular complexity index is 1620. The highest BCUT2D eigenvalue weighted by Gasteiger charge is 2.40. The highest BCUT2D eigenvalue weighted by molar-refractivity contribution is 7.91. The minimum Gasteiger partial charge on any atom is -0.444 e. The number of nitrogens with zero attached hydrogens (tertiary/aromatic N) is 6. The van der Waals surface area contributed by atoms with Crippen molar-refractivity contribution in [2.75, 3.05) is 30.8 Å². The van der Waals surface area contributed by atoms with Crippen LogP contribution in [0.25, 0.3) is 11.4 Å². The first-order valence-electron chi connectivity index (χ1n) is 13.3. The topological polar surface area (TPSA) is 140 Å². The van der Waals surface area contributed by atoms with E-state index in [1.165, 1.54) is 15.8 Å². The SMILES string of the molecule is CN1CC[C@H](n2nnc(-c3cc4c(cc3F)S(=O)(=O)C[C@H](NC(=O)OC(C)(C)C)C(=O)N4Cc3ccc(Cl)cc3)n2)C1. The average Bonchev–Trinajstić information content (AvgIpc) is 3.54. The van der Waals surface area contributed by atoms with Crippen LogP contribution in [0.5, 0.6) is 0 Å². The van der Waals surface area contributed by atoms with Crippen LogP contribution in [-0.2, 0) is 25.9 Å². The molecule has 0 unspecified atom stereocenters. The number of alkyl carbamates (subject to hydrolysis) is 1. The second-order valence-electron chi connectivity index (χ2n) is 11.5. The summed E-state index contributed by atoms with van der Waals surface area (Å²) in [5.41, 5.74) is -0.459. The maximum atomic E-state index is 15.6. The van der Waals surface area contributed by atoms with Gasteiger partial charge < -0.3 is 19.9 Å². The maximum absolute atomic E-state index is 15.6. The lowest BCUT2D eigenvalue weighted by atomic mass is 10.1. The monoisotopic (exact) mass is 619 g/mol. The Morgan fingerprint density at radius 2 is 1.93 bits per heavy atom. The average molecular weight is 620 g/mol. The number of tetrazole rings is 1. The van der Waals surface area contributed by atoms with Crippen molar-refractivity contribution in [3.63, 3.8) is 0 Å². The molecule has 42 heavy (non-hydrogen) atoms. The van der Waals surface area contributed by atoms with Gasteiger partial charge in [-0.1, -0.05) is 23.7 Å². The van der Waals surface area contributed by atoms with Crippen molar-refractivity contribution in [1.82, 2.24) is 30.4 Å². The number of sulfone groups is 1. The third-order valence-electron chi connectivity index (χ3n) is 6.93. The van der Waals surface area contributed by atoms with Gasteiger partial charge in [0.25, 0.3) is 5.91 Å². The van der Waals surface area contributed by atoms with Crippen LogP contribution >= 0.6 is 11.6 Å². The Morgan fingerprint density at radius 3 is 2.57 bits per heavy atom. The lowest BCUT2D eigenvalue weighted by Gasteiger charge is -2.27. The van der Waals surface area contributed by atoms with E-state index < -0.39 is 49.9 Å². The maximum Gasteiger partial charge on any atom is 0.408 e. The van der Waals surface area contributed by atoms with Crippen LogP contribution in [-0.4, -0.2) is 83.1 Å². The molecule has 2 aliphatic heterocycles. The van der Waals surface area contributed by atoms with Crippen LogP contribution in [0.4, 0.5) is 14.9 Å². The zero-order valence-corrected chi connectivity index (χ0v) is 25.1. The molecular weight excluding hydrogens is 589 g/mol. The highest BCUT2D eigenvalue weighted by Crippen LogP contribution is 2.37. The number of carbonyl (C=O) groups excluding carboxylic acids is 2. The number of aromatic nitrogens is 4. The number of anilines is 1. The van der Waals surface area contributed by atoms with Gasteiger partial charge in [-0.15, -0.1) is 10.2 Å². The molecule has 0 bridgehead atoms. The molecule has 2 amide bonds. The van der Waals surface area contributed by atoms with Gasteiger partial charge in [0.15, 0.2) is 9.84 Å². The normalized spacial score (nSPS) is 20.7. The second kappa shape index (κ2) is 11.2. The number of hydrogen-bond donors (Lipinski definition) is 1. The van der Waals surface area contributed by atoms with Gasteiger partial charge in [-0.25, -0.2) is 17.6 Å². The van der Waals surface area contributed by atoms with E-state index in [0.29, 0.717) is 17.1 Å². The van der Waals surface area contributed by atoms with Gasteiger partial charge in [0.05, 0.1) is 34.5 Å². The molecule has 2 atom stereocenters. The first-order chi connectivity index (χ1) is 19.7. The standard InChI is InChI=1S/C27H31ClFN7O5S/c1-27(2,3)41-26(38)30-21-15-42(39,40)23-12-20(29)19(24-31-33-36(32-24)18-9-10-34(4)14-18)11-22(23)35(25(21)37)13-16-5-7-17(28)8-6-16/h5-8,11-12,18,21H,9-10,13-15H2,1-4H3,(H,30,38)/t18-,21-/m0/s1. The Morgan fingerprint density at radius 1 is 1.21 bits per heavy atom. The second-order valence-corrected chi connectivity index (χ2v) is 13.9. The molecule has 3 heterocycles. The zero-order valence-electron chi connectivity index (χ0n) is 23.5. The van der Waals surface area contributed by atoms with E-state index in [0.717, 1.165) is 19.0 Å². The number of halogens is 2. The van der Waals surface area contributed by atoms with Crippen molar-refractivity contribution < 1.29 is 27.1 Å². The Labute approximate surface area is 247 Å². The molecule has 1 N–H and O–H groups in total. The van der Waals surface area contributed by atoms with Crippen molar-refractivity contribution in [2.24, 2.45) is 0 Å². The van der Waals surface area contributed by atoms with Crippen LogP contribution in [0.15, 0.2) is 41.3 Å². The smallest absolute Gasteiger partial charge is 0.408 e. The molecule has 15 heteroatoms. The van der Waals surface area contributed by atoms with E-state index >= 15 is 4.39 Å². The van der Waals surface area contributed by atoms with Gasteiger partial charge in [0, 0.05) is 18.1 Å². The van der Waals surface area contributed by atoms with Gasteiger partial charge in [0.1, 0.15) is 17.5 Å². The predicted octanol–water partition coefficient (Wildman–Crippen LogP) is 3.22. The van der Waals surface area contributed by atoms with Crippen molar-refractivity contribution in [1.29, 1.82) is 0 Å². The number of rotatable bonds is 5. The summed E-state index contributed by atoms with van der Waals surface area (Å²) in [6, 6.07) is 7.19. The molecule has 5 rings (SSSR count). The molecule has 3 aromatic rings. The summed E-state index contributed by atoms with van der Waals surface area (Å²) in [6.07, 6.45) is -0.161. The Hall–Kier alpha value is -3.62. The number of ether oxygens (including phenoxy) is 1. The number of carbonyl (C=O) groups is 2. The molecule has 2 aromatic carbocycles. The van der Waals surface area contributed by atoms with Gasteiger partial charge >= 0.3 is 6.09 Å². The molecule has 0 spiro atoms. The number of nitrogens with one attached hydrogen (secondary N) is 1. The van der Waals surface area contributed by atoms with Crippen LogP contribution in [0.1, 0.15) is 38.8 Å². The molecule has 12 nitrogen and oxygen atoms in total. The van der Waals surface area contributed by atoms with Crippen molar-refractivity contribution in [3.8, 4) is 11.4 Å². The number of fused-ring (bicyclic) bond motifs is 1. The highest BCUT2D eigenvalue weighted by atomic mass is 35.5. The fraction of sp³-hybridized carbons (Fsp3) is 0.444. The first kappa shape index (κ1) is 29.9. The minimum atomic E-state index is -4.28. The van der Waals surface area contributed by atoms with Gasteiger partial charge in [-0.3, -0.25) is 4.79 Å². The van der Waals surface area contributed by atoms with E-state index in [-0.39, 0.29) is 29.7 Å². The quantitative estimate of drug-likeness (QED) is 0.456. The number of likely N-dealkylation sites (N-methyl/N-ethyl adjacent to an activating group) is 1. The lowest BCUT2D eigenvalue weighted by Crippen LogP contribution is -2.51. The summed E-state index contributed by atoms with van der Waals surface area (Å²) in [5.74, 6) is -2.45. The molecule has 0 aliphatic carbocycles. The summed E-state index contributed by atoms with van der Waals surface area (Å²) >= 11 is 6.04. The Balaban J connectivity index is 1.58. The van der Waals surface area contributed by atoms with Crippen LogP contribution < -0.4 is 10.2 Å². The molecular formula is C27H31ClFN7O5S. The van der Waals surface area contributed by atoms with E-state index in [1.54, 1.807) is 45.0 Å². The molecule has 224 valence electrons. The largest absolute Gasteiger partial charge is 0.444 e. The number of hydrogen-bond acceptors (Lipinski definition) is 9. The fourth-order valence-corrected chi connectivity index (χ4v) is 6.68. The van der Waals surface area contributed by atoms with E-state index in [4.69, 9.17) is 16.3 Å². The molecule has 1 fully saturated rings. The third kappa shape index (κ3) is 6.40. The van der Waals surface area contributed by atoms with Crippen LogP contribution in [0.2, 0.25) is 5.02 Å². The fourth-order valence-electron chi connectivity index (χ4n) is 4.94. The molecule has 2 aliphatic rings. The van der Waals surface area contributed by atoms with E-state index in [1.807, 2.05) is 7.05 Å². The predicted molar refractivity (Wildman–Crippen MR) is 152 cm³/mol. The van der Waals surface area contributed by atoms with Crippen molar-refractivity contribution in [2.45, 2.75) is 56.3 Å². The summed E-state index contributed by atoms with van der Waals surface area (Å²) in [6.45, 7) is 6.38. The van der Waals surface area contributed by atoms with E-state index in [9.17, 15) is 18.0 Å². The third-order valence-corrected chi connectivity index (χ3v) is 8.95. The lowest BCUT2D eigenvalue weighted by molar-refractivity contribution is -0.120. The number of amides is 2. The van der Waals surface area contributed by atoms with Crippen molar-refractivity contribution >= 4 is 39.1 Å². The molecule has 0 radical (unpaired) electrons. The number of likely N-dealkylation sites (tertiary alicyclic amines) is 1. The summed E-state index contributed by atoms with van der Waals surface area (Å²) in [4.78, 5) is 30.9. The Kier molecular flexibility index (Phi) is 7.98. The van der Waals surface area contributed by atoms with Gasteiger partial charge in [0.2, 0.25) is 5.82 Å². The summed E-state index contributed by atoms with van der Waals surface area (Å²) in [5, 5.41) is 15.4. The van der Waals surface area contributed by atoms with E-state index in [2.05, 4.69) is 25.6 Å². The van der Waals surface area contributed by atoms with Gasteiger partial charge in [-0.2, -0.15) is 4.80 Å².